The van der Waals surface area contributed by atoms with E-state index in [2.05, 4.69) is 21.2 Å². The topological polar surface area (TPSA) is 12.0 Å². The lowest BCUT2D eigenvalue weighted by atomic mass is 9.97. The number of hydrogen-bond donors (Lipinski definition) is 1. The predicted molar refractivity (Wildman–Crippen MR) is 81.0 cm³/mol. The minimum atomic E-state index is -0.592. The van der Waals surface area contributed by atoms with Crippen LogP contribution in [0.15, 0.2) is 40.9 Å². The van der Waals surface area contributed by atoms with Gasteiger partial charge >= 0.3 is 0 Å². The molecule has 1 N–H and O–H groups in total. The Morgan fingerprint density at radius 3 is 2.40 bits per heavy atom. The van der Waals surface area contributed by atoms with Crippen molar-refractivity contribution in [2.45, 2.75) is 13.0 Å². The van der Waals surface area contributed by atoms with Crippen molar-refractivity contribution < 1.29 is 8.78 Å². The molecule has 0 amide bonds. The Labute approximate surface area is 130 Å². The van der Waals surface area contributed by atoms with Gasteiger partial charge in [-0.05, 0) is 52.3 Å². The summed E-state index contributed by atoms with van der Waals surface area (Å²) in [6.45, 7) is 2.47. The SMILES string of the molecule is CCNC(c1ccc(Cl)cc1)c1c(F)ccc(Br)c1F. The maximum Gasteiger partial charge on any atom is 0.145 e. The van der Waals surface area contributed by atoms with Gasteiger partial charge < -0.3 is 5.32 Å². The molecule has 106 valence electrons. The molecule has 0 aromatic heterocycles. The Morgan fingerprint density at radius 1 is 1.15 bits per heavy atom. The van der Waals surface area contributed by atoms with E-state index in [1.807, 2.05) is 6.92 Å². The lowest BCUT2D eigenvalue weighted by molar-refractivity contribution is 0.507. The van der Waals surface area contributed by atoms with Gasteiger partial charge in [0.2, 0.25) is 0 Å². The predicted octanol–water partition coefficient (Wildman–Crippen LogP) is 5.08. The minimum Gasteiger partial charge on any atom is -0.306 e. The van der Waals surface area contributed by atoms with Gasteiger partial charge in [-0.25, -0.2) is 8.78 Å². The van der Waals surface area contributed by atoms with E-state index in [0.717, 1.165) is 5.56 Å². The molecule has 0 fully saturated rings. The van der Waals surface area contributed by atoms with Gasteiger partial charge in [0.1, 0.15) is 11.6 Å². The molecule has 1 atom stereocenters. The molecule has 0 heterocycles. The van der Waals surface area contributed by atoms with Crippen LogP contribution >= 0.6 is 27.5 Å². The number of rotatable bonds is 4. The molecule has 0 saturated heterocycles. The van der Waals surface area contributed by atoms with Gasteiger partial charge in [-0.1, -0.05) is 30.7 Å². The zero-order valence-corrected chi connectivity index (χ0v) is 13.1. The third-order valence-electron chi connectivity index (χ3n) is 2.98. The van der Waals surface area contributed by atoms with E-state index >= 15 is 0 Å². The zero-order chi connectivity index (χ0) is 14.7. The van der Waals surface area contributed by atoms with Crippen LogP contribution in [0, 0.1) is 11.6 Å². The zero-order valence-electron chi connectivity index (χ0n) is 10.8. The summed E-state index contributed by atoms with van der Waals surface area (Å²) in [6.07, 6.45) is 0. The second-order valence-electron chi connectivity index (χ2n) is 4.30. The molecule has 0 saturated carbocycles. The molecule has 2 aromatic rings. The quantitative estimate of drug-likeness (QED) is 0.750. The maximum atomic E-state index is 14.2. The first-order valence-corrected chi connectivity index (χ1v) is 7.34. The Bertz CT molecular complexity index is 602. The molecule has 1 unspecified atom stereocenters. The molecular formula is C15H13BrClF2N. The van der Waals surface area contributed by atoms with Crippen LogP contribution in [0.4, 0.5) is 8.78 Å². The summed E-state index contributed by atoms with van der Waals surface area (Å²) < 4.78 is 28.5. The van der Waals surface area contributed by atoms with Crippen LogP contribution in [0.25, 0.3) is 0 Å². The molecule has 0 spiro atoms. The smallest absolute Gasteiger partial charge is 0.145 e. The average Bonchev–Trinajstić information content (AvgIpc) is 2.43. The summed E-state index contributed by atoms with van der Waals surface area (Å²) in [5, 5.41) is 3.68. The first-order valence-electron chi connectivity index (χ1n) is 6.16. The summed E-state index contributed by atoms with van der Waals surface area (Å²) in [4.78, 5) is 0. The molecule has 2 rings (SSSR count). The van der Waals surface area contributed by atoms with Crippen molar-refractivity contribution >= 4 is 27.5 Å². The van der Waals surface area contributed by atoms with Crippen LogP contribution in [-0.2, 0) is 0 Å². The molecule has 0 aliphatic carbocycles. The van der Waals surface area contributed by atoms with Crippen LogP contribution < -0.4 is 5.32 Å². The maximum absolute atomic E-state index is 14.2. The molecule has 0 radical (unpaired) electrons. The molecule has 2 aromatic carbocycles. The van der Waals surface area contributed by atoms with E-state index in [1.165, 1.54) is 12.1 Å². The highest BCUT2D eigenvalue weighted by molar-refractivity contribution is 9.10. The number of halogens is 4. The largest absolute Gasteiger partial charge is 0.306 e. The Hall–Kier alpha value is -0.970. The van der Waals surface area contributed by atoms with Crippen molar-refractivity contribution in [1.29, 1.82) is 0 Å². The van der Waals surface area contributed by atoms with Crippen molar-refractivity contribution in [3.8, 4) is 0 Å². The molecule has 5 heteroatoms. The van der Waals surface area contributed by atoms with Crippen molar-refractivity contribution in [3.05, 3.63) is 68.7 Å². The van der Waals surface area contributed by atoms with Gasteiger partial charge in [-0.15, -0.1) is 0 Å². The van der Waals surface area contributed by atoms with Gasteiger partial charge in [-0.3, -0.25) is 0 Å². The summed E-state index contributed by atoms with van der Waals surface area (Å²) in [6, 6.07) is 8.98. The highest BCUT2D eigenvalue weighted by atomic mass is 79.9. The van der Waals surface area contributed by atoms with Crippen LogP contribution in [-0.4, -0.2) is 6.54 Å². The van der Waals surface area contributed by atoms with E-state index in [4.69, 9.17) is 11.6 Å². The lowest BCUT2D eigenvalue weighted by Crippen LogP contribution is -2.24. The summed E-state index contributed by atoms with van der Waals surface area (Å²) >= 11 is 8.94. The van der Waals surface area contributed by atoms with E-state index in [-0.39, 0.29) is 10.0 Å². The minimum absolute atomic E-state index is 0.00328. The van der Waals surface area contributed by atoms with Gasteiger partial charge in [0.15, 0.2) is 0 Å². The lowest BCUT2D eigenvalue weighted by Gasteiger charge is -2.20. The fraction of sp³-hybridized carbons (Fsp3) is 0.200. The van der Waals surface area contributed by atoms with Gasteiger partial charge in [-0.2, -0.15) is 0 Å². The van der Waals surface area contributed by atoms with Gasteiger partial charge in [0.25, 0.3) is 0 Å². The van der Waals surface area contributed by atoms with Crippen LogP contribution in [0.5, 0.6) is 0 Å². The van der Waals surface area contributed by atoms with Crippen molar-refractivity contribution in [2.24, 2.45) is 0 Å². The summed E-state index contributed by atoms with van der Waals surface area (Å²) in [5.74, 6) is -1.17. The molecule has 0 aliphatic rings. The van der Waals surface area contributed by atoms with Crippen molar-refractivity contribution in [3.63, 3.8) is 0 Å². The van der Waals surface area contributed by atoms with Crippen LogP contribution in [0.2, 0.25) is 5.02 Å². The summed E-state index contributed by atoms with van der Waals surface area (Å²) in [7, 11) is 0. The summed E-state index contributed by atoms with van der Waals surface area (Å²) in [5.41, 5.74) is 0.760. The Kier molecular flexibility index (Phi) is 5.13. The normalized spacial score (nSPS) is 12.4. The van der Waals surface area contributed by atoms with Crippen molar-refractivity contribution in [1.82, 2.24) is 5.32 Å². The molecular weight excluding hydrogens is 348 g/mol. The number of benzene rings is 2. The van der Waals surface area contributed by atoms with E-state index in [0.29, 0.717) is 11.6 Å². The molecule has 0 bridgehead atoms. The fourth-order valence-corrected chi connectivity index (χ4v) is 2.53. The monoisotopic (exact) mass is 359 g/mol. The molecule has 20 heavy (non-hydrogen) atoms. The van der Waals surface area contributed by atoms with Gasteiger partial charge in [0, 0.05) is 10.6 Å². The Morgan fingerprint density at radius 2 is 1.80 bits per heavy atom. The number of nitrogens with one attached hydrogen (secondary N) is 1. The third kappa shape index (κ3) is 3.19. The molecule has 0 aliphatic heterocycles. The standard InChI is InChI=1S/C15H13BrClF2N/c1-2-20-15(9-3-5-10(17)6-4-9)13-12(18)8-7-11(16)14(13)19/h3-8,15,20H,2H2,1H3. The van der Waals surface area contributed by atoms with Crippen molar-refractivity contribution in [2.75, 3.05) is 6.54 Å². The second kappa shape index (κ2) is 6.66. The first-order chi connectivity index (χ1) is 9.54. The van der Waals surface area contributed by atoms with E-state index in [1.54, 1.807) is 24.3 Å². The third-order valence-corrected chi connectivity index (χ3v) is 3.84. The average molecular weight is 361 g/mol. The van der Waals surface area contributed by atoms with Crippen LogP contribution in [0.3, 0.4) is 0 Å². The highest BCUT2D eigenvalue weighted by Crippen LogP contribution is 2.31. The number of hydrogen-bond acceptors (Lipinski definition) is 1. The van der Waals surface area contributed by atoms with Crippen LogP contribution in [0.1, 0.15) is 24.1 Å². The molecule has 1 nitrogen and oxygen atoms in total. The second-order valence-corrected chi connectivity index (χ2v) is 5.59. The van der Waals surface area contributed by atoms with E-state index < -0.39 is 17.7 Å². The van der Waals surface area contributed by atoms with E-state index in [9.17, 15) is 8.78 Å². The highest BCUT2D eigenvalue weighted by Gasteiger charge is 2.22. The fourth-order valence-electron chi connectivity index (χ4n) is 2.05. The van der Waals surface area contributed by atoms with Gasteiger partial charge in [0.05, 0.1) is 10.5 Å². The Balaban J connectivity index is 2.54. The first kappa shape index (κ1) is 15.4.